The Hall–Kier alpha value is -2.48. The Bertz CT molecular complexity index is 980. The number of fused-ring (bicyclic) bond motifs is 1. The van der Waals surface area contributed by atoms with Crippen LogP contribution in [0.25, 0.3) is 10.9 Å². The first-order valence-electron chi connectivity index (χ1n) is 7.16. The molecule has 0 radical (unpaired) electrons. The van der Waals surface area contributed by atoms with Crippen LogP contribution in [0, 0.1) is 12.7 Å². The second-order valence-electron chi connectivity index (χ2n) is 5.14. The number of halogens is 2. The molecule has 124 valence electrons. The standard InChI is InChI=1S/C16H13BrFN3O3/c1-9-20-12-3-2-10(18)8-11(12)16(23)21(9)7-6-19-15(22)13-4-5-14(17)24-13/h2-5,8H,6-7H2,1H3,(H,19,22). The molecule has 0 bridgehead atoms. The van der Waals surface area contributed by atoms with E-state index in [0.717, 1.165) is 0 Å². The molecule has 2 aromatic heterocycles. The lowest BCUT2D eigenvalue weighted by atomic mass is 10.2. The molecule has 0 aliphatic heterocycles. The summed E-state index contributed by atoms with van der Waals surface area (Å²) in [5, 5.41) is 2.87. The molecule has 3 rings (SSSR count). The van der Waals surface area contributed by atoms with Gasteiger partial charge in [-0.3, -0.25) is 14.2 Å². The van der Waals surface area contributed by atoms with Crippen LogP contribution in [0.4, 0.5) is 4.39 Å². The molecular formula is C16H13BrFN3O3. The summed E-state index contributed by atoms with van der Waals surface area (Å²) in [4.78, 5) is 28.7. The van der Waals surface area contributed by atoms with Crippen molar-refractivity contribution in [2.24, 2.45) is 0 Å². The summed E-state index contributed by atoms with van der Waals surface area (Å²) in [5.41, 5.74) is 0.103. The molecule has 2 heterocycles. The molecule has 0 saturated carbocycles. The lowest BCUT2D eigenvalue weighted by Gasteiger charge is -2.11. The number of hydrogen-bond donors (Lipinski definition) is 1. The number of benzene rings is 1. The van der Waals surface area contributed by atoms with Crippen LogP contribution in [0.15, 0.2) is 44.2 Å². The minimum atomic E-state index is -0.492. The van der Waals surface area contributed by atoms with Crippen LogP contribution >= 0.6 is 15.9 Å². The molecule has 6 nitrogen and oxygen atoms in total. The zero-order chi connectivity index (χ0) is 17.3. The van der Waals surface area contributed by atoms with Crippen LogP contribution in [-0.2, 0) is 6.54 Å². The quantitative estimate of drug-likeness (QED) is 0.738. The number of carbonyl (C=O) groups excluding carboxylic acids is 1. The zero-order valence-electron chi connectivity index (χ0n) is 12.7. The topological polar surface area (TPSA) is 77.1 Å². The maximum absolute atomic E-state index is 13.3. The van der Waals surface area contributed by atoms with Gasteiger partial charge in [-0.05, 0) is 53.2 Å². The summed E-state index contributed by atoms with van der Waals surface area (Å²) >= 11 is 3.12. The molecule has 0 saturated heterocycles. The Kier molecular flexibility index (Phi) is 4.48. The van der Waals surface area contributed by atoms with Crippen LogP contribution in [0.1, 0.15) is 16.4 Å². The van der Waals surface area contributed by atoms with Crippen LogP contribution in [-0.4, -0.2) is 22.0 Å². The number of furan rings is 1. The maximum Gasteiger partial charge on any atom is 0.287 e. The van der Waals surface area contributed by atoms with Crippen LogP contribution < -0.4 is 10.9 Å². The first-order chi connectivity index (χ1) is 11.5. The Morgan fingerprint density at radius 2 is 2.17 bits per heavy atom. The molecule has 1 N–H and O–H groups in total. The van der Waals surface area contributed by atoms with Crippen molar-refractivity contribution in [3.05, 3.63) is 62.8 Å². The first kappa shape index (κ1) is 16.4. The van der Waals surface area contributed by atoms with E-state index in [1.54, 1.807) is 13.0 Å². The maximum atomic E-state index is 13.3. The average molecular weight is 394 g/mol. The highest BCUT2D eigenvalue weighted by molar-refractivity contribution is 9.10. The summed E-state index contributed by atoms with van der Waals surface area (Å²) in [6.45, 7) is 2.12. The van der Waals surface area contributed by atoms with Gasteiger partial charge in [0.1, 0.15) is 11.6 Å². The number of amides is 1. The van der Waals surface area contributed by atoms with Crippen molar-refractivity contribution in [2.45, 2.75) is 13.5 Å². The fraction of sp³-hybridized carbons (Fsp3) is 0.188. The molecule has 0 spiro atoms. The normalized spacial score (nSPS) is 11.0. The molecule has 24 heavy (non-hydrogen) atoms. The number of aryl methyl sites for hydroxylation is 1. The third-order valence-electron chi connectivity index (χ3n) is 3.53. The van der Waals surface area contributed by atoms with E-state index in [4.69, 9.17) is 4.42 Å². The summed E-state index contributed by atoms with van der Waals surface area (Å²) in [5.74, 6) is -0.210. The Balaban J connectivity index is 1.78. The summed E-state index contributed by atoms with van der Waals surface area (Å²) < 4.78 is 20.4. The van der Waals surface area contributed by atoms with Gasteiger partial charge in [-0.2, -0.15) is 0 Å². The molecule has 3 aromatic rings. The predicted octanol–water partition coefficient (Wildman–Crippen LogP) is 2.63. The minimum absolute atomic E-state index is 0.171. The highest BCUT2D eigenvalue weighted by Gasteiger charge is 2.12. The van der Waals surface area contributed by atoms with Crippen LogP contribution in [0.3, 0.4) is 0 Å². The van der Waals surface area contributed by atoms with Gasteiger partial charge in [-0.1, -0.05) is 0 Å². The van der Waals surface area contributed by atoms with E-state index in [1.165, 1.54) is 28.8 Å². The van der Waals surface area contributed by atoms with E-state index in [2.05, 4.69) is 26.2 Å². The van der Waals surface area contributed by atoms with Crippen molar-refractivity contribution in [2.75, 3.05) is 6.54 Å². The molecule has 8 heteroatoms. The summed E-state index contributed by atoms with van der Waals surface area (Å²) in [7, 11) is 0. The highest BCUT2D eigenvalue weighted by Crippen LogP contribution is 2.13. The van der Waals surface area contributed by atoms with E-state index in [-0.39, 0.29) is 35.7 Å². The third kappa shape index (κ3) is 3.23. The van der Waals surface area contributed by atoms with E-state index in [0.29, 0.717) is 16.0 Å². The van der Waals surface area contributed by atoms with Gasteiger partial charge < -0.3 is 9.73 Å². The number of hydrogen-bond acceptors (Lipinski definition) is 4. The molecule has 1 amide bonds. The van der Waals surface area contributed by atoms with E-state index < -0.39 is 5.82 Å². The van der Waals surface area contributed by atoms with Crippen LogP contribution in [0.5, 0.6) is 0 Å². The van der Waals surface area contributed by atoms with Gasteiger partial charge in [0.2, 0.25) is 0 Å². The summed E-state index contributed by atoms with van der Waals surface area (Å²) in [6.07, 6.45) is 0. The Morgan fingerprint density at radius 3 is 2.88 bits per heavy atom. The molecule has 1 aromatic carbocycles. The number of nitrogens with one attached hydrogen (secondary N) is 1. The smallest absolute Gasteiger partial charge is 0.287 e. The van der Waals surface area contributed by atoms with Gasteiger partial charge in [0.25, 0.3) is 11.5 Å². The molecule has 0 atom stereocenters. The van der Waals surface area contributed by atoms with Gasteiger partial charge in [-0.15, -0.1) is 0 Å². The number of aromatic nitrogens is 2. The van der Waals surface area contributed by atoms with Crippen molar-refractivity contribution in [3.63, 3.8) is 0 Å². The van der Waals surface area contributed by atoms with Crippen molar-refractivity contribution in [1.29, 1.82) is 0 Å². The minimum Gasteiger partial charge on any atom is -0.444 e. The number of rotatable bonds is 4. The fourth-order valence-electron chi connectivity index (χ4n) is 2.37. The molecule has 0 aliphatic rings. The van der Waals surface area contributed by atoms with Crippen molar-refractivity contribution < 1.29 is 13.6 Å². The SMILES string of the molecule is Cc1nc2ccc(F)cc2c(=O)n1CCNC(=O)c1ccc(Br)o1. The molecule has 0 aliphatic carbocycles. The Morgan fingerprint density at radius 1 is 1.38 bits per heavy atom. The van der Waals surface area contributed by atoms with Gasteiger partial charge in [0.15, 0.2) is 10.4 Å². The average Bonchev–Trinajstić information content (AvgIpc) is 2.98. The summed E-state index contributed by atoms with van der Waals surface area (Å²) in [6, 6.07) is 7.06. The molecule has 0 fully saturated rings. The number of carbonyl (C=O) groups is 1. The number of nitrogens with zero attached hydrogens (tertiary/aromatic N) is 2. The largest absolute Gasteiger partial charge is 0.444 e. The lowest BCUT2D eigenvalue weighted by Crippen LogP contribution is -2.32. The second-order valence-corrected chi connectivity index (χ2v) is 5.92. The van der Waals surface area contributed by atoms with E-state index in [9.17, 15) is 14.0 Å². The first-order valence-corrected chi connectivity index (χ1v) is 7.95. The Labute approximate surface area is 144 Å². The molecule has 0 unspecified atom stereocenters. The second kappa shape index (κ2) is 6.56. The van der Waals surface area contributed by atoms with Gasteiger partial charge in [0.05, 0.1) is 10.9 Å². The third-order valence-corrected chi connectivity index (χ3v) is 3.95. The highest BCUT2D eigenvalue weighted by atomic mass is 79.9. The monoisotopic (exact) mass is 393 g/mol. The van der Waals surface area contributed by atoms with E-state index in [1.807, 2.05) is 0 Å². The fourth-order valence-corrected chi connectivity index (χ4v) is 2.68. The van der Waals surface area contributed by atoms with Crippen molar-refractivity contribution in [1.82, 2.24) is 14.9 Å². The van der Waals surface area contributed by atoms with Crippen molar-refractivity contribution in [3.8, 4) is 0 Å². The lowest BCUT2D eigenvalue weighted by molar-refractivity contribution is 0.0923. The van der Waals surface area contributed by atoms with Gasteiger partial charge >= 0.3 is 0 Å². The van der Waals surface area contributed by atoms with Gasteiger partial charge in [0, 0.05) is 13.1 Å². The van der Waals surface area contributed by atoms with Crippen molar-refractivity contribution >= 4 is 32.7 Å². The predicted molar refractivity (Wildman–Crippen MR) is 89.4 cm³/mol. The van der Waals surface area contributed by atoms with Gasteiger partial charge in [-0.25, -0.2) is 9.37 Å². The zero-order valence-corrected chi connectivity index (χ0v) is 14.3. The molecular weight excluding hydrogens is 381 g/mol. The van der Waals surface area contributed by atoms with E-state index >= 15 is 0 Å². The van der Waals surface area contributed by atoms with Crippen LogP contribution in [0.2, 0.25) is 0 Å².